The fraction of sp³-hybridized carbons (Fsp3) is 0.647. The lowest BCUT2D eigenvalue weighted by Gasteiger charge is -2.31. The normalized spacial score (nSPS) is 23.8. The Hall–Kier alpha value is -1.33. The maximum atomic E-state index is 12.6. The summed E-state index contributed by atoms with van der Waals surface area (Å²) < 4.78 is 5.72. The van der Waals surface area contributed by atoms with E-state index >= 15 is 0 Å². The summed E-state index contributed by atoms with van der Waals surface area (Å²) in [5, 5.41) is 3.08. The van der Waals surface area contributed by atoms with E-state index in [0.717, 1.165) is 32.1 Å². The molecule has 0 radical (unpaired) electrons. The number of Topliss-reactive ketones (excluding diaryl/α,β-unsaturated/α-hetero) is 1. The molecule has 2 aliphatic carbocycles. The van der Waals surface area contributed by atoms with E-state index < -0.39 is 0 Å². The van der Waals surface area contributed by atoms with Crippen LogP contribution in [0, 0.1) is 12.8 Å². The second-order valence-electron chi connectivity index (χ2n) is 6.49. The lowest BCUT2D eigenvalue weighted by Crippen LogP contribution is -2.44. The van der Waals surface area contributed by atoms with Crippen molar-refractivity contribution in [3.8, 4) is 0 Å². The molecule has 2 atom stereocenters. The molecule has 0 aromatic carbocycles. The van der Waals surface area contributed by atoms with Crippen LogP contribution in [0.5, 0.6) is 0 Å². The van der Waals surface area contributed by atoms with Crippen molar-refractivity contribution in [1.29, 1.82) is 0 Å². The molecular formula is C17H25ClN2O3. The summed E-state index contributed by atoms with van der Waals surface area (Å²) in [5.74, 6) is 1.22. The van der Waals surface area contributed by atoms with E-state index in [1.165, 1.54) is 6.42 Å². The molecular weight excluding hydrogens is 316 g/mol. The summed E-state index contributed by atoms with van der Waals surface area (Å²) in [6.07, 6.45) is 6.41. The van der Waals surface area contributed by atoms with Crippen molar-refractivity contribution in [2.24, 2.45) is 11.7 Å². The predicted molar refractivity (Wildman–Crippen MR) is 90.2 cm³/mol. The Morgan fingerprint density at radius 1 is 1.26 bits per heavy atom. The molecule has 5 nitrogen and oxygen atoms in total. The van der Waals surface area contributed by atoms with Gasteiger partial charge >= 0.3 is 0 Å². The van der Waals surface area contributed by atoms with Gasteiger partial charge in [0.05, 0.1) is 5.56 Å². The van der Waals surface area contributed by atoms with Crippen LogP contribution < -0.4 is 11.1 Å². The van der Waals surface area contributed by atoms with Crippen molar-refractivity contribution in [1.82, 2.24) is 5.32 Å². The van der Waals surface area contributed by atoms with Crippen molar-refractivity contribution < 1.29 is 14.0 Å². The summed E-state index contributed by atoms with van der Waals surface area (Å²) in [4.78, 5) is 24.6. The summed E-state index contributed by atoms with van der Waals surface area (Å²) >= 11 is 0. The van der Waals surface area contributed by atoms with Crippen LogP contribution in [0.3, 0.4) is 0 Å². The number of aryl methyl sites for hydroxylation is 1. The maximum Gasteiger partial charge on any atom is 0.287 e. The monoisotopic (exact) mass is 340 g/mol. The van der Waals surface area contributed by atoms with Gasteiger partial charge in [-0.1, -0.05) is 12.8 Å². The van der Waals surface area contributed by atoms with Gasteiger partial charge in [0.25, 0.3) is 5.91 Å². The van der Waals surface area contributed by atoms with Crippen LogP contribution in [-0.4, -0.2) is 24.3 Å². The van der Waals surface area contributed by atoms with E-state index in [-0.39, 0.29) is 30.1 Å². The van der Waals surface area contributed by atoms with Gasteiger partial charge in [-0.15, -0.1) is 12.4 Å². The van der Waals surface area contributed by atoms with E-state index in [2.05, 4.69) is 5.32 Å². The molecule has 1 amide bonds. The van der Waals surface area contributed by atoms with Gasteiger partial charge in [0.15, 0.2) is 11.5 Å². The van der Waals surface area contributed by atoms with Crippen LogP contribution in [0.2, 0.25) is 0 Å². The van der Waals surface area contributed by atoms with Gasteiger partial charge < -0.3 is 15.5 Å². The number of halogens is 1. The highest BCUT2D eigenvalue weighted by Gasteiger charge is 2.31. The third-order valence-corrected chi connectivity index (χ3v) is 5.04. The molecule has 1 aromatic rings. The highest BCUT2D eigenvalue weighted by molar-refractivity contribution is 6.03. The number of carbonyl (C=O) groups excluding carboxylic acids is 2. The van der Waals surface area contributed by atoms with Crippen LogP contribution in [-0.2, 0) is 6.42 Å². The Morgan fingerprint density at radius 2 is 2.00 bits per heavy atom. The molecule has 0 spiro atoms. The zero-order valence-corrected chi connectivity index (χ0v) is 14.3. The van der Waals surface area contributed by atoms with Crippen molar-refractivity contribution in [3.63, 3.8) is 0 Å². The van der Waals surface area contributed by atoms with Crippen molar-refractivity contribution in [2.75, 3.05) is 6.54 Å². The van der Waals surface area contributed by atoms with Crippen molar-refractivity contribution in [3.05, 3.63) is 22.6 Å². The number of furan rings is 1. The average molecular weight is 341 g/mol. The molecule has 0 aliphatic heterocycles. The summed E-state index contributed by atoms with van der Waals surface area (Å²) in [6, 6.07) is 0.114. The minimum atomic E-state index is -0.204. The highest BCUT2D eigenvalue weighted by atomic mass is 35.5. The lowest BCUT2D eigenvalue weighted by atomic mass is 9.84. The van der Waals surface area contributed by atoms with Crippen molar-refractivity contribution in [2.45, 2.75) is 57.9 Å². The molecule has 2 aliphatic rings. The minimum Gasteiger partial charge on any atom is -0.455 e. The van der Waals surface area contributed by atoms with E-state index in [1.54, 1.807) is 0 Å². The first kappa shape index (κ1) is 18.0. The van der Waals surface area contributed by atoms with Gasteiger partial charge in [-0.25, -0.2) is 0 Å². The summed E-state index contributed by atoms with van der Waals surface area (Å²) in [5.41, 5.74) is 7.14. The molecule has 128 valence electrons. The zero-order chi connectivity index (χ0) is 15.7. The number of ketones is 1. The van der Waals surface area contributed by atoms with Crippen LogP contribution in [0.15, 0.2) is 4.42 Å². The molecule has 6 heteroatoms. The molecule has 23 heavy (non-hydrogen) atoms. The van der Waals surface area contributed by atoms with Gasteiger partial charge in [-0.2, -0.15) is 0 Å². The summed E-state index contributed by atoms with van der Waals surface area (Å²) in [7, 11) is 0. The number of amides is 1. The first-order chi connectivity index (χ1) is 10.6. The van der Waals surface area contributed by atoms with E-state index in [1.807, 2.05) is 6.92 Å². The second kappa shape index (κ2) is 7.49. The number of nitrogens with one attached hydrogen (secondary N) is 1. The van der Waals surface area contributed by atoms with Crippen LogP contribution in [0.25, 0.3) is 0 Å². The van der Waals surface area contributed by atoms with Crippen LogP contribution >= 0.6 is 12.4 Å². The van der Waals surface area contributed by atoms with Gasteiger partial charge in [-0.3, -0.25) is 9.59 Å². The lowest BCUT2D eigenvalue weighted by molar-refractivity contribution is 0.0875. The molecule has 2 unspecified atom stereocenters. The number of carbonyl (C=O) groups is 2. The minimum absolute atomic E-state index is 0. The van der Waals surface area contributed by atoms with Gasteiger partial charge in [0, 0.05) is 24.4 Å². The molecule has 1 aromatic heterocycles. The Labute approximate surface area is 142 Å². The quantitative estimate of drug-likeness (QED) is 0.886. The third-order valence-electron chi connectivity index (χ3n) is 5.04. The maximum absolute atomic E-state index is 12.6. The highest BCUT2D eigenvalue weighted by Crippen LogP contribution is 2.30. The fourth-order valence-corrected chi connectivity index (χ4v) is 3.78. The molecule has 1 heterocycles. The van der Waals surface area contributed by atoms with E-state index in [4.69, 9.17) is 10.2 Å². The number of rotatable bonds is 3. The topological polar surface area (TPSA) is 85.3 Å². The second-order valence-corrected chi connectivity index (χ2v) is 6.49. The largest absolute Gasteiger partial charge is 0.455 e. The van der Waals surface area contributed by atoms with E-state index in [9.17, 15) is 9.59 Å². The molecule has 0 saturated heterocycles. The van der Waals surface area contributed by atoms with Crippen LogP contribution in [0.4, 0.5) is 0 Å². The fourth-order valence-electron chi connectivity index (χ4n) is 3.78. The average Bonchev–Trinajstić information content (AvgIpc) is 2.86. The van der Waals surface area contributed by atoms with Gasteiger partial charge in [0.2, 0.25) is 0 Å². The van der Waals surface area contributed by atoms with Gasteiger partial charge in [-0.05, 0) is 38.6 Å². The Kier molecular flexibility index (Phi) is 5.87. The van der Waals surface area contributed by atoms with Gasteiger partial charge in [0.1, 0.15) is 5.76 Å². The molecule has 0 bridgehead atoms. The Morgan fingerprint density at radius 3 is 2.70 bits per heavy atom. The Balaban J connectivity index is 0.00000192. The molecule has 3 rings (SSSR count). The molecule has 1 saturated carbocycles. The first-order valence-corrected chi connectivity index (χ1v) is 8.28. The van der Waals surface area contributed by atoms with E-state index in [0.29, 0.717) is 41.5 Å². The number of fused-ring (bicyclic) bond motifs is 1. The van der Waals surface area contributed by atoms with Crippen molar-refractivity contribution >= 4 is 24.1 Å². The number of hydrogen-bond donors (Lipinski definition) is 2. The predicted octanol–water partition coefficient (Wildman–Crippen LogP) is 2.78. The Bertz CT molecular complexity index is 597. The smallest absolute Gasteiger partial charge is 0.287 e. The summed E-state index contributed by atoms with van der Waals surface area (Å²) in [6.45, 7) is 2.40. The third kappa shape index (κ3) is 3.45. The zero-order valence-electron chi connectivity index (χ0n) is 13.5. The SMILES string of the molecule is Cc1c(C(=O)NC2CCCCC2CN)oc2c1C(=O)CCC2.Cl. The van der Waals surface area contributed by atoms with Crippen LogP contribution in [0.1, 0.15) is 70.8 Å². The molecule has 3 N–H and O–H groups in total. The number of nitrogens with two attached hydrogens (primary N) is 1. The first-order valence-electron chi connectivity index (χ1n) is 8.28. The molecule has 1 fully saturated rings. The number of hydrogen-bond acceptors (Lipinski definition) is 4. The standard InChI is InChI=1S/C17H24N2O3.ClH/c1-10-15-13(20)7-4-8-14(15)22-16(10)17(21)19-12-6-3-2-5-11(12)9-18;/h11-12H,2-9,18H2,1H3,(H,19,21);1H.